The lowest BCUT2D eigenvalue weighted by Gasteiger charge is -2.03. The molecule has 0 spiro atoms. The Morgan fingerprint density at radius 2 is 2.21 bits per heavy atom. The van der Waals surface area contributed by atoms with Gasteiger partial charge in [0.25, 0.3) is 5.56 Å². The summed E-state index contributed by atoms with van der Waals surface area (Å²) in [5.41, 5.74) is 6.14. The van der Waals surface area contributed by atoms with E-state index in [0.717, 1.165) is 0 Å². The van der Waals surface area contributed by atoms with Gasteiger partial charge in [-0.05, 0) is 33.3 Å². The maximum atomic E-state index is 12.3. The van der Waals surface area contributed by atoms with E-state index in [1.54, 1.807) is 13.8 Å². The summed E-state index contributed by atoms with van der Waals surface area (Å²) in [5, 5.41) is 0.878. The fourth-order valence-electron chi connectivity index (χ4n) is 2.08. The van der Waals surface area contributed by atoms with Gasteiger partial charge in [-0.25, -0.2) is 9.78 Å². The summed E-state index contributed by atoms with van der Waals surface area (Å²) in [4.78, 5) is 36.6. The zero-order valence-electron chi connectivity index (χ0n) is 14.0. The molecular weight excluding hydrogens is 348 g/mol. The molecule has 0 fully saturated rings. The van der Waals surface area contributed by atoms with Gasteiger partial charge >= 0.3 is 5.97 Å². The van der Waals surface area contributed by atoms with Crippen molar-refractivity contribution in [2.24, 2.45) is 10.7 Å². The Morgan fingerprint density at radius 1 is 1.50 bits per heavy atom. The number of thioether (sulfide) groups is 1. The molecule has 2 aromatic heterocycles. The number of carbonyl (C=O) groups is 1. The van der Waals surface area contributed by atoms with E-state index in [2.05, 4.69) is 15.0 Å². The summed E-state index contributed by atoms with van der Waals surface area (Å²) in [6.45, 7) is 7.62. The highest BCUT2D eigenvalue weighted by molar-refractivity contribution is 8.13. The van der Waals surface area contributed by atoms with Gasteiger partial charge in [0, 0.05) is 6.04 Å². The number of nitrogens with one attached hydrogen (secondary N) is 1. The minimum atomic E-state index is -0.429. The molecule has 0 radical (unpaired) electrons. The molecule has 0 saturated carbocycles. The van der Waals surface area contributed by atoms with Crippen LogP contribution in [-0.2, 0) is 10.5 Å². The fraction of sp³-hybridized carbons (Fsp3) is 0.467. The van der Waals surface area contributed by atoms with Crippen molar-refractivity contribution in [1.82, 2.24) is 9.97 Å². The number of esters is 1. The summed E-state index contributed by atoms with van der Waals surface area (Å²) >= 11 is 2.48. The molecule has 0 atom stereocenters. The van der Waals surface area contributed by atoms with Crippen LogP contribution in [-0.4, -0.2) is 33.8 Å². The molecule has 0 bridgehead atoms. The maximum absolute atomic E-state index is 12.3. The molecule has 7 nitrogen and oxygen atoms in total. The summed E-state index contributed by atoms with van der Waals surface area (Å²) in [5.74, 6) is 0.469. The van der Waals surface area contributed by atoms with Crippen molar-refractivity contribution in [3.05, 3.63) is 26.6 Å². The van der Waals surface area contributed by atoms with Gasteiger partial charge in [-0.3, -0.25) is 9.79 Å². The summed E-state index contributed by atoms with van der Waals surface area (Å²) < 4.78 is 5.02. The summed E-state index contributed by atoms with van der Waals surface area (Å²) in [7, 11) is 0. The minimum Gasteiger partial charge on any atom is -0.462 e. The number of H-pyrrole nitrogens is 1. The van der Waals surface area contributed by atoms with E-state index in [4.69, 9.17) is 10.5 Å². The predicted molar refractivity (Wildman–Crippen MR) is 99.0 cm³/mol. The van der Waals surface area contributed by atoms with Crippen LogP contribution < -0.4 is 11.3 Å². The Balaban J connectivity index is 2.33. The van der Waals surface area contributed by atoms with Gasteiger partial charge in [0.05, 0.1) is 17.7 Å². The van der Waals surface area contributed by atoms with Crippen LogP contribution in [0.1, 0.15) is 41.8 Å². The lowest BCUT2D eigenvalue weighted by atomic mass is 10.2. The first-order valence-corrected chi connectivity index (χ1v) is 9.29. The van der Waals surface area contributed by atoms with Crippen molar-refractivity contribution in [2.75, 3.05) is 6.61 Å². The largest absolute Gasteiger partial charge is 0.462 e. The van der Waals surface area contributed by atoms with Gasteiger partial charge in [0.1, 0.15) is 15.5 Å². The van der Waals surface area contributed by atoms with Crippen molar-refractivity contribution < 1.29 is 9.53 Å². The molecule has 0 unspecified atom stereocenters. The van der Waals surface area contributed by atoms with Crippen LogP contribution in [0.15, 0.2) is 9.79 Å². The molecule has 2 rings (SSSR count). The number of nitrogens with zero attached hydrogens (tertiary/aromatic N) is 2. The molecule has 24 heavy (non-hydrogen) atoms. The number of thiophene rings is 1. The highest BCUT2D eigenvalue weighted by atomic mass is 32.2. The smallest absolute Gasteiger partial charge is 0.348 e. The van der Waals surface area contributed by atoms with Gasteiger partial charge in [-0.15, -0.1) is 11.3 Å². The van der Waals surface area contributed by atoms with Crippen molar-refractivity contribution >= 4 is 44.5 Å². The number of fused-ring (bicyclic) bond motifs is 1. The first-order chi connectivity index (χ1) is 11.3. The Hall–Kier alpha value is -1.87. The second-order valence-corrected chi connectivity index (χ2v) is 7.31. The van der Waals surface area contributed by atoms with Crippen molar-refractivity contribution in [3.8, 4) is 0 Å². The fourth-order valence-corrected chi connectivity index (χ4v) is 3.88. The Morgan fingerprint density at radius 3 is 2.83 bits per heavy atom. The van der Waals surface area contributed by atoms with Crippen LogP contribution >= 0.6 is 23.1 Å². The maximum Gasteiger partial charge on any atom is 0.348 e. The Bertz CT molecular complexity index is 839. The Labute approximate surface area is 147 Å². The SMILES string of the molecule is CCOC(=O)c1sc2nc(CSC(N)=NC(C)C)[nH]c(=O)c2c1C. The average molecular weight is 368 g/mol. The zero-order chi connectivity index (χ0) is 17.9. The van der Waals surface area contributed by atoms with Crippen LogP contribution in [0.4, 0.5) is 0 Å². The zero-order valence-corrected chi connectivity index (χ0v) is 15.6. The van der Waals surface area contributed by atoms with Crippen molar-refractivity contribution in [2.45, 2.75) is 39.5 Å². The number of amidine groups is 1. The van der Waals surface area contributed by atoms with Crippen LogP contribution in [0.2, 0.25) is 0 Å². The number of aromatic nitrogens is 2. The second-order valence-electron chi connectivity index (χ2n) is 5.32. The van der Waals surface area contributed by atoms with E-state index in [9.17, 15) is 9.59 Å². The first-order valence-electron chi connectivity index (χ1n) is 7.49. The topological polar surface area (TPSA) is 110 Å². The number of aliphatic imine (C=N–C) groups is 1. The van der Waals surface area contributed by atoms with Crippen LogP contribution in [0.25, 0.3) is 10.2 Å². The second kappa shape index (κ2) is 7.80. The van der Waals surface area contributed by atoms with Crippen molar-refractivity contribution in [1.29, 1.82) is 0 Å². The van der Waals surface area contributed by atoms with Crippen LogP contribution in [0, 0.1) is 6.92 Å². The molecule has 0 amide bonds. The third-order valence-electron chi connectivity index (χ3n) is 3.05. The van der Waals surface area contributed by atoms with Gasteiger partial charge in [-0.1, -0.05) is 11.8 Å². The standard InChI is InChI=1S/C15H20N4O3S2/c1-5-22-14(21)11-8(4)10-12(20)18-9(19-13(10)24-11)6-23-15(16)17-7(2)3/h7H,5-6H2,1-4H3,(H2,16,17)(H,18,19,20). The molecule has 0 aliphatic carbocycles. The molecule has 0 aliphatic rings. The normalized spacial score (nSPS) is 12.1. The molecule has 0 aliphatic heterocycles. The molecule has 9 heteroatoms. The summed E-state index contributed by atoms with van der Waals surface area (Å²) in [6, 6.07) is 0.110. The summed E-state index contributed by atoms with van der Waals surface area (Å²) in [6.07, 6.45) is 0. The van der Waals surface area contributed by atoms with E-state index in [-0.39, 0.29) is 18.2 Å². The number of carbonyl (C=O) groups excluding carboxylic acids is 1. The molecule has 130 valence electrons. The number of aryl methyl sites for hydroxylation is 1. The van der Waals surface area contributed by atoms with Gasteiger partial charge in [0.15, 0.2) is 5.17 Å². The van der Waals surface area contributed by atoms with Crippen LogP contribution in [0.5, 0.6) is 0 Å². The molecule has 2 aromatic rings. The molecular formula is C15H20N4O3S2. The van der Waals surface area contributed by atoms with E-state index >= 15 is 0 Å². The molecule has 0 aromatic carbocycles. The first kappa shape index (κ1) is 18.5. The number of nitrogens with two attached hydrogens (primary N) is 1. The number of rotatable bonds is 5. The minimum absolute atomic E-state index is 0.110. The van der Waals surface area contributed by atoms with Crippen molar-refractivity contribution in [3.63, 3.8) is 0 Å². The van der Waals surface area contributed by atoms with Gasteiger partial charge in [0.2, 0.25) is 0 Å². The number of hydrogen-bond acceptors (Lipinski definition) is 7. The molecule has 2 heterocycles. The average Bonchev–Trinajstić information content (AvgIpc) is 2.82. The van der Waals surface area contributed by atoms with Gasteiger partial charge < -0.3 is 15.5 Å². The molecule has 3 N–H and O–H groups in total. The van der Waals surface area contributed by atoms with Gasteiger partial charge in [-0.2, -0.15) is 0 Å². The number of aromatic amines is 1. The third-order valence-corrected chi connectivity index (χ3v) is 5.04. The van der Waals surface area contributed by atoms with E-state index in [0.29, 0.717) is 37.4 Å². The predicted octanol–water partition coefficient (Wildman–Crippen LogP) is 2.43. The molecule has 0 saturated heterocycles. The quantitative estimate of drug-likeness (QED) is 0.476. The number of hydrogen-bond donors (Lipinski definition) is 2. The van der Waals surface area contributed by atoms with E-state index in [1.807, 2.05) is 13.8 Å². The Kier molecular flexibility index (Phi) is 6.00. The lowest BCUT2D eigenvalue weighted by molar-refractivity contribution is 0.0531. The third kappa shape index (κ3) is 4.15. The lowest BCUT2D eigenvalue weighted by Crippen LogP contribution is -2.14. The highest BCUT2D eigenvalue weighted by Crippen LogP contribution is 2.28. The number of ether oxygens (including phenoxy) is 1. The van der Waals surface area contributed by atoms with E-state index < -0.39 is 5.97 Å². The monoisotopic (exact) mass is 368 g/mol. The highest BCUT2D eigenvalue weighted by Gasteiger charge is 2.20. The van der Waals surface area contributed by atoms with E-state index in [1.165, 1.54) is 23.1 Å². The van der Waals surface area contributed by atoms with Crippen LogP contribution in [0.3, 0.4) is 0 Å².